The van der Waals surface area contributed by atoms with Crippen LogP contribution in [0.25, 0.3) is 0 Å². The molecule has 0 spiro atoms. The van der Waals surface area contributed by atoms with Gasteiger partial charge in [0.2, 0.25) is 0 Å². The highest BCUT2D eigenvalue weighted by Crippen LogP contribution is 2.41. The van der Waals surface area contributed by atoms with Gasteiger partial charge in [-0.05, 0) is 25.8 Å². The first kappa shape index (κ1) is 12.5. The quantitative estimate of drug-likeness (QED) is 0.860. The number of aromatic hydroxyl groups is 1. The minimum absolute atomic E-state index is 0.267. The molecular formula is C14H18FNO3. The van der Waals surface area contributed by atoms with Gasteiger partial charge in [-0.1, -0.05) is 0 Å². The van der Waals surface area contributed by atoms with Gasteiger partial charge in [0, 0.05) is 24.1 Å². The van der Waals surface area contributed by atoms with Crippen LogP contribution >= 0.6 is 0 Å². The van der Waals surface area contributed by atoms with E-state index >= 15 is 0 Å². The summed E-state index contributed by atoms with van der Waals surface area (Å²) in [5, 5.41) is 13.3. The van der Waals surface area contributed by atoms with E-state index in [0.29, 0.717) is 36.7 Å². The second kappa shape index (κ2) is 5.25. The number of hydrogen-bond donors (Lipinski definition) is 2. The molecule has 1 saturated heterocycles. The van der Waals surface area contributed by atoms with E-state index in [9.17, 15) is 9.50 Å². The Morgan fingerprint density at radius 2 is 2.16 bits per heavy atom. The molecule has 2 heterocycles. The summed E-state index contributed by atoms with van der Waals surface area (Å²) in [5.41, 5.74) is 0.524. The Hall–Kier alpha value is -1.49. The first-order valence-electron chi connectivity index (χ1n) is 6.79. The number of rotatable bonds is 2. The number of benzene rings is 1. The number of fused-ring (bicyclic) bond motifs is 1. The molecule has 104 valence electrons. The molecule has 1 aromatic rings. The molecule has 4 nitrogen and oxygen atoms in total. The second-order valence-electron chi connectivity index (χ2n) is 5.06. The maximum Gasteiger partial charge on any atom is 0.169 e. The zero-order valence-corrected chi connectivity index (χ0v) is 10.7. The lowest BCUT2D eigenvalue weighted by Crippen LogP contribution is -2.24. The molecule has 1 fully saturated rings. The lowest BCUT2D eigenvalue weighted by Gasteiger charge is -2.17. The van der Waals surface area contributed by atoms with Crippen LogP contribution in [0.2, 0.25) is 0 Å². The second-order valence-corrected chi connectivity index (χ2v) is 5.06. The van der Waals surface area contributed by atoms with Crippen molar-refractivity contribution in [3.63, 3.8) is 0 Å². The fourth-order valence-electron chi connectivity index (χ4n) is 2.70. The number of phenolic OH excluding ortho intramolecular Hbond substituents is 1. The fraction of sp³-hybridized carbons (Fsp3) is 0.571. The predicted octanol–water partition coefficient (Wildman–Crippen LogP) is 1.99. The van der Waals surface area contributed by atoms with Gasteiger partial charge in [0.15, 0.2) is 23.1 Å². The van der Waals surface area contributed by atoms with E-state index in [1.807, 2.05) is 0 Å². The van der Waals surface area contributed by atoms with Crippen LogP contribution in [0.15, 0.2) is 6.07 Å². The van der Waals surface area contributed by atoms with Crippen molar-refractivity contribution >= 4 is 0 Å². The lowest BCUT2D eigenvalue weighted by atomic mass is 10.0. The molecule has 0 amide bonds. The Balaban J connectivity index is 1.97. The Morgan fingerprint density at radius 1 is 1.32 bits per heavy atom. The van der Waals surface area contributed by atoms with Crippen LogP contribution in [-0.4, -0.2) is 30.9 Å². The van der Waals surface area contributed by atoms with Gasteiger partial charge >= 0.3 is 0 Å². The van der Waals surface area contributed by atoms with Crippen molar-refractivity contribution in [3.05, 3.63) is 17.4 Å². The number of hydrogen-bond acceptors (Lipinski definition) is 4. The summed E-state index contributed by atoms with van der Waals surface area (Å²) >= 11 is 0. The predicted molar refractivity (Wildman–Crippen MR) is 68.4 cm³/mol. The number of phenols is 1. The van der Waals surface area contributed by atoms with Crippen LogP contribution < -0.4 is 14.8 Å². The van der Waals surface area contributed by atoms with Gasteiger partial charge in [-0.25, -0.2) is 4.39 Å². The molecular weight excluding hydrogens is 249 g/mol. The molecule has 19 heavy (non-hydrogen) atoms. The Bertz CT molecular complexity index is 472. The fourth-order valence-corrected chi connectivity index (χ4v) is 2.70. The molecule has 0 saturated carbocycles. The third kappa shape index (κ3) is 2.47. The molecule has 0 bridgehead atoms. The monoisotopic (exact) mass is 267 g/mol. The van der Waals surface area contributed by atoms with Gasteiger partial charge in [-0.15, -0.1) is 0 Å². The Labute approximate surface area is 111 Å². The summed E-state index contributed by atoms with van der Waals surface area (Å²) in [5.74, 6) is -0.0407. The van der Waals surface area contributed by atoms with Gasteiger partial charge in [-0.3, -0.25) is 0 Å². The van der Waals surface area contributed by atoms with Gasteiger partial charge < -0.3 is 19.9 Å². The Morgan fingerprint density at radius 3 is 2.95 bits per heavy atom. The van der Waals surface area contributed by atoms with Crippen molar-refractivity contribution in [2.24, 2.45) is 0 Å². The molecule has 2 aliphatic heterocycles. The summed E-state index contributed by atoms with van der Waals surface area (Å²) in [6.45, 7) is 2.02. The molecule has 5 heteroatoms. The SMILES string of the molecule is Oc1c(F)cc2c(c1CC1CCCN1)OCCCO2. The number of ether oxygens (including phenoxy) is 2. The van der Waals surface area contributed by atoms with Crippen molar-refractivity contribution < 1.29 is 19.0 Å². The zero-order chi connectivity index (χ0) is 13.2. The van der Waals surface area contributed by atoms with Gasteiger partial charge in [-0.2, -0.15) is 0 Å². The zero-order valence-electron chi connectivity index (χ0n) is 10.7. The van der Waals surface area contributed by atoms with E-state index < -0.39 is 5.82 Å². The van der Waals surface area contributed by atoms with Crippen LogP contribution in [0.3, 0.4) is 0 Å². The van der Waals surface area contributed by atoms with Crippen LogP contribution in [0.5, 0.6) is 17.2 Å². The van der Waals surface area contributed by atoms with E-state index in [1.54, 1.807) is 0 Å². The maximum absolute atomic E-state index is 13.8. The van der Waals surface area contributed by atoms with E-state index in [4.69, 9.17) is 9.47 Å². The van der Waals surface area contributed by atoms with E-state index in [1.165, 1.54) is 6.07 Å². The smallest absolute Gasteiger partial charge is 0.169 e. The van der Waals surface area contributed by atoms with Crippen LogP contribution in [-0.2, 0) is 6.42 Å². The van der Waals surface area contributed by atoms with E-state index in [0.717, 1.165) is 25.8 Å². The van der Waals surface area contributed by atoms with Gasteiger partial charge in [0.25, 0.3) is 0 Å². The highest BCUT2D eigenvalue weighted by molar-refractivity contribution is 5.54. The number of halogens is 1. The average Bonchev–Trinajstić information content (AvgIpc) is 2.80. The molecule has 0 aliphatic carbocycles. The number of nitrogens with one attached hydrogen (secondary N) is 1. The summed E-state index contributed by atoms with van der Waals surface area (Å²) in [6, 6.07) is 1.48. The average molecular weight is 267 g/mol. The largest absolute Gasteiger partial charge is 0.505 e. The molecule has 2 aliphatic rings. The van der Waals surface area contributed by atoms with Crippen molar-refractivity contribution in [1.29, 1.82) is 0 Å². The van der Waals surface area contributed by atoms with E-state index in [-0.39, 0.29) is 11.8 Å². The van der Waals surface area contributed by atoms with E-state index in [2.05, 4.69) is 5.32 Å². The topological polar surface area (TPSA) is 50.7 Å². The normalized spacial score (nSPS) is 22.3. The molecule has 1 aromatic carbocycles. The molecule has 1 unspecified atom stereocenters. The third-order valence-electron chi connectivity index (χ3n) is 3.67. The first-order valence-corrected chi connectivity index (χ1v) is 6.79. The van der Waals surface area contributed by atoms with Crippen LogP contribution in [0.4, 0.5) is 4.39 Å². The minimum atomic E-state index is -0.641. The summed E-state index contributed by atoms with van der Waals surface area (Å²) in [4.78, 5) is 0. The minimum Gasteiger partial charge on any atom is -0.505 e. The van der Waals surface area contributed by atoms with Crippen molar-refractivity contribution in [3.8, 4) is 17.2 Å². The summed E-state index contributed by atoms with van der Waals surface area (Å²) < 4.78 is 24.9. The van der Waals surface area contributed by atoms with Crippen LogP contribution in [0.1, 0.15) is 24.8 Å². The lowest BCUT2D eigenvalue weighted by molar-refractivity contribution is 0.295. The van der Waals surface area contributed by atoms with Gasteiger partial charge in [0.1, 0.15) is 0 Å². The highest BCUT2D eigenvalue weighted by Gasteiger charge is 2.25. The van der Waals surface area contributed by atoms with Crippen LogP contribution in [0, 0.1) is 5.82 Å². The molecule has 0 radical (unpaired) electrons. The first-order chi connectivity index (χ1) is 9.25. The molecule has 0 aromatic heterocycles. The third-order valence-corrected chi connectivity index (χ3v) is 3.67. The molecule has 1 atom stereocenters. The Kier molecular flexibility index (Phi) is 3.46. The highest BCUT2D eigenvalue weighted by atomic mass is 19.1. The summed E-state index contributed by atoms with van der Waals surface area (Å²) in [7, 11) is 0. The maximum atomic E-state index is 13.8. The van der Waals surface area contributed by atoms with Gasteiger partial charge in [0.05, 0.1) is 13.2 Å². The van der Waals surface area contributed by atoms with Crippen molar-refractivity contribution in [1.82, 2.24) is 5.32 Å². The standard InChI is InChI=1S/C14H18FNO3/c15-11-8-12-14(19-6-2-5-18-12)10(13(11)17)7-9-3-1-4-16-9/h8-9,16-17H,1-7H2. The van der Waals surface area contributed by atoms with Crippen molar-refractivity contribution in [2.75, 3.05) is 19.8 Å². The summed E-state index contributed by atoms with van der Waals surface area (Å²) in [6.07, 6.45) is 3.47. The molecule has 3 rings (SSSR count). The molecule has 2 N–H and O–H groups in total. The van der Waals surface area contributed by atoms with Crippen molar-refractivity contribution in [2.45, 2.75) is 31.7 Å².